The normalized spacial score (nSPS) is 15.4. The van der Waals surface area contributed by atoms with E-state index in [1.165, 1.54) is 25.7 Å². The number of ether oxygens (including phenoxy) is 1. The fourth-order valence-electron chi connectivity index (χ4n) is 3.21. The highest BCUT2D eigenvalue weighted by molar-refractivity contribution is 5.90. The van der Waals surface area contributed by atoms with Crippen molar-refractivity contribution in [1.82, 2.24) is 5.06 Å². The summed E-state index contributed by atoms with van der Waals surface area (Å²) in [4.78, 5) is 27.1. The number of carbonyl (C=O) groups is 2. The van der Waals surface area contributed by atoms with E-state index < -0.39 is 11.9 Å². The highest BCUT2D eigenvalue weighted by atomic mass is 16.7. The largest absolute Gasteiger partial charge is 0.490 e. The summed E-state index contributed by atoms with van der Waals surface area (Å²) in [6.07, 6.45) is 8.16. The highest BCUT2D eigenvalue weighted by Crippen LogP contribution is 2.24. The van der Waals surface area contributed by atoms with Gasteiger partial charge >= 0.3 is 11.9 Å². The predicted octanol–water partition coefficient (Wildman–Crippen LogP) is 3.93. The van der Waals surface area contributed by atoms with Crippen LogP contribution in [0.1, 0.15) is 51.0 Å². The number of aryl methyl sites for hydroxylation is 1. The van der Waals surface area contributed by atoms with Gasteiger partial charge in [-0.15, -0.1) is 5.06 Å². The predicted molar refractivity (Wildman–Crippen MR) is 112 cm³/mol. The molecule has 0 bridgehead atoms. The Hall–Kier alpha value is -2.54. The first-order valence-corrected chi connectivity index (χ1v) is 10.4. The van der Waals surface area contributed by atoms with Gasteiger partial charge in [0.2, 0.25) is 0 Å². The maximum Gasteiger partial charge on any atom is 0.349 e. The van der Waals surface area contributed by atoms with E-state index in [-0.39, 0.29) is 6.10 Å². The van der Waals surface area contributed by atoms with Gasteiger partial charge in [0, 0.05) is 50.3 Å². The summed E-state index contributed by atoms with van der Waals surface area (Å²) < 4.78 is 6.09. The summed E-state index contributed by atoms with van der Waals surface area (Å²) >= 11 is 0. The molecule has 0 aliphatic carbocycles. The van der Waals surface area contributed by atoms with Gasteiger partial charge in [-0.2, -0.15) is 0 Å². The number of piperidine rings is 1. The molecule has 1 saturated heterocycles. The molecular weight excluding hydrogens is 372 g/mol. The molecule has 0 aromatic heterocycles. The summed E-state index contributed by atoms with van der Waals surface area (Å²) in [7, 11) is 0. The Bertz CT molecular complexity index is 696. The molecule has 160 valence electrons. The van der Waals surface area contributed by atoms with Crippen LogP contribution in [-0.4, -0.2) is 47.8 Å². The number of carboxylic acids is 1. The zero-order chi connectivity index (χ0) is 21.1. The number of benzene rings is 1. The number of aliphatic carboxylic acids is 1. The van der Waals surface area contributed by atoms with Crippen molar-refractivity contribution in [2.45, 2.75) is 58.5 Å². The molecule has 7 heteroatoms. The van der Waals surface area contributed by atoms with Gasteiger partial charge in [-0.3, -0.25) is 0 Å². The van der Waals surface area contributed by atoms with Crippen LogP contribution in [0.4, 0.5) is 5.69 Å². The summed E-state index contributed by atoms with van der Waals surface area (Å²) in [6, 6.07) is 6.11. The summed E-state index contributed by atoms with van der Waals surface area (Å²) in [5, 5.41) is 13.6. The minimum absolute atomic E-state index is 0.0618. The van der Waals surface area contributed by atoms with Crippen LogP contribution in [0, 0.1) is 6.92 Å². The second-order valence-corrected chi connectivity index (χ2v) is 7.29. The second kappa shape index (κ2) is 12.1. The average molecular weight is 405 g/mol. The van der Waals surface area contributed by atoms with E-state index >= 15 is 0 Å². The Morgan fingerprint density at radius 2 is 1.97 bits per heavy atom. The Labute approximate surface area is 172 Å². The fraction of sp³-hybridized carbons (Fsp3) is 0.545. The van der Waals surface area contributed by atoms with Crippen LogP contribution in [0.3, 0.4) is 0 Å². The van der Waals surface area contributed by atoms with Gasteiger partial charge < -0.3 is 20.0 Å². The molecule has 1 heterocycles. The highest BCUT2D eigenvalue weighted by Gasteiger charge is 2.23. The SMILES string of the molecule is CCCCCCNc1ccc(OC2CCN(OC(=O)/C=C/C(=O)O)CC2)cc1C. The lowest BCUT2D eigenvalue weighted by Gasteiger charge is -2.30. The van der Waals surface area contributed by atoms with E-state index in [1.54, 1.807) is 5.06 Å². The second-order valence-electron chi connectivity index (χ2n) is 7.29. The molecule has 0 unspecified atom stereocenters. The molecule has 2 N–H and O–H groups in total. The molecule has 0 atom stereocenters. The summed E-state index contributed by atoms with van der Waals surface area (Å²) in [5.74, 6) is -1.01. The van der Waals surface area contributed by atoms with Crippen LogP contribution in [0.5, 0.6) is 5.75 Å². The average Bonchev–Trinajstić information content (AvgIpc) is 2.69. The molecule has 0 radical (unpaired) electrons. The quantitative estimate of drug-likeness (QED) is 0.427. The van der Waals surface area contributed by atoms with Crippen LogP contribution in [0.15, 0.2) is 30.4 Å². The van der Waals surface area contributed by atoms with Crippen molar-refractivity contribution in [1.29, 1.82) is 0 Å². The van der Waals surface area contributed by atoms with E-state index in [4.69, 9.17) is 14.7 Å². The minimum atomic E-state index is -1.18. The number of nitrogens with one attached hydrogen (secondary N) is 1. The molecule has 1 fully saturated rings. The van der Waals surface area contributed by atoms with Crippen molar-refractivity contribution in [2.24, 2.45) is 0 Å². The number of hydrogen-bond acceptors (Lipinski definition) is 6. The first kappa shape index (κ1) is 22.7. The van der Waals surface area contributed by atoms with Crippen molar-refractivity contribution in [2.75, 3.05) is 25.0 Å². The number of rotatable bonds is 11. The first-order chi connectivity index (χ1) is 14.0. The minimum Gasteiger partial charge on any atom is -0.490 e. The molecule has 1 aromatic rings. The fourth-order valence-corrected chi connectivity index (χ4v) is 3.21. The Balaban J connectivity index is 1.73. The van der Waals surface area contributed by atoms with Crippen molar-refractivity contribution in [3.05, 3.63) is 35.9 Å². The van der Waals surface area contributed by atoms with Crippen LogP contribution in [-0.2, 0) is 14.4 Å². The van der Waals surface area contributed by atoms with Gasteiger partial charge in [-0.1, -0.05) is 26.2 Å². The topological polar surface area (TPSA) is 88.1 Å². The third-order valence-corrected chi connectivity index (χ3v) is 4.83. The number of carbonyl (C=O) groups excluding carboxylic acids is 1. The van der Waals surface area contributed by atoms with Crippen molar-refractivity contribution in [3.63, 3.8) is 0 Å². The maximum atomic E-state index is 11.5. The summed E-state index contributed by atoms with van der Waals surface area (Å²) in [6.45, 7) is 6.38. The smallest absolute Gasteiger partial charge is 0.349 e. The number of nitrogens with zero attached hydrogens (tertiary/aromatic N) is 1. The molecule has 0 amide bonds. The van der Waals surface area contributed by atoms with Crippen molar-refractivity contribution >= 4 is 17.6 Å². The van der Waals surface area contributed by atoms with E-state index in [0.29, 0.717) is 13.1 Å². The van der Waals surface area contributed by atoms with E-state index in [1.807, 2.05) is 6.07 Å². The Morgan fingerprint density at radius 3 is 2.62 bits per heavy atom. The Morgan fingerprint density at radius 1 is 1.21 bits per heavy atom. The van der Waals surface area contributed by atoms with Gasteiger partial charge in [0.25, 0.3) is 0 Å². The molecule has 0 saturated carbocycles. The molecule has 29 heavy (non-hydrogen) atoms. The lowest BCUT2D eigenvalue weighted by atomic mass is 10.1. The molecule has 0 spiro atoms. The lowest BCUT2D eigenvalue weighted by molar-refractivity contribution is -0.191. The molecule has 1 aliphatic rings. The maximum absolute atomic E-state index is 11.5. The molecule has 7 nitrogen and oxygen atoms in total. The van der Waals surface area contributed by atoms with Crippen molar-refractivity contribution < 1.29 is 24.3 Å². The molecular formula is C22H32N2O5. The molecule has 2 rings (SSSR count). The molecule has 1 aliphatic heterocycles. The van der Waals surface area contributed by atoms with Crippen LogP contribution in [0.25, 0.3) is 0 Å². The zero-order valence-electron chi connectivity index (χ0n) is 17.4. The van der Waals surface area contributed by atoms with Crippen LogP contribution in [0.2, 0.25) is 0 Å². The Kier molecular flexibility index (Phi) is 9.50. The van der Waals surface area contributed by atoms with Gasteiger partial charge in [0.1, 0.15) is 11.9 Å². The zero-order valence-corrected chi connectivity index (χ0v) is 17.4. The number of hydrogen-bond donors (Lipinski definition) is 2. The third-order valence-electron chi connectivity index (χ3n) is 4.83. The van der Waals surface area contributed by atoms with E-state index in [2.05, 4.69) is 31.3 Å². The number of carboxylic acid groups (broad SMARTS) is 1. The van der Waals surface area contributed by atoms with Gasteiger partial charge in [-0.25, -0.2) is 9.59 Å². The molecule has 1 aromatic carbocycles. The first-order valence-electron chi connectivity index (χ1n) is 10.4. The lowest BCUT2D eigenvalue weighted by Crippen LogP contribution is -2.39. The monoisotopic (exact) mass is 404 g/mol. The van der Waals surface area contributed by atoms with Gasteiger partial charge in [0.05, 0.1) is 0 Å². The number of unbranched alkanes of at least 4 members (excludes halogenated alkanes) is 3. The summed E-state index contributed by atoms with van der Waals surface area (Å²) in [5.41, 5.74) is 2.31. The van der Waals surface area contributed by atoms with E-state index in [9.17, 15) is 9.59 Å². The van der Waals surface area contributed by atoms with Crippen LogP contribution < -0.4 is 10.1 Å². The standard InChI is InChI=1S/C22H32N2O5/c1-3-4-5-6-13-23-20-8-7-19(16-17(20)2)28-18-11-14-24(15-12-18)29-22(27)10-9-21(25)26/h7-10,16,18,23H,3-6,11-15H2,1-2H3,(H,25,26)/b10-9+. The third kappa shape index (κ3) is 8.56. The van der Waals surface area contributed by atoms with Crippen molar-refractivity contribution in [3.8, 4) is 5.75 Å². The number of anilines is 1. The van der Waals surface area contributed by atoms with E-state index in [0.717, 1.165) is 48.5 Å². The van der Waals surface area contributed by atoms with Crippen LogP contribution >= 0.6 is 0 Å². The number of hydroxylamine groups is 2. The van der Waals surface area contributed by atoms with Gasteiger partial charge in [0.15, 0.2) is 0 Å². The van der Waals surface area contributed by atoms with Gasteiger partial charge in [-0.05, 0) is 37.1 Å².